The van der Waals surface area contributed by atoms with E-state index >= 15 is 0 Å². The quantitative estimate of drug-likeness (QED) is 0.355. The number of hydrogen-bond donors (Lipinski definition) is 1. The molecule has 1 N–H and O–H groups in total. The zero-order valence-corrected chi connectivity index (χ0v) is 15.6. The molecule has 0 unspecified atom stereocenters. The molecule has 0 atom stereocenters. The van der Waals surface area contributed by atoms with Crippen molar-refractivity contribution in [3.8, 4) is 0 Å². The van der Waals surface area contributed by atoms with Crippen molar-refractivity contribution in [1.29, 1.82) is 0 Å². The molecule has 0 fully saturated rings. The molecule has 0 aliphatic rings. The number of nitro groups is 2. The van der Waals surface area contributed by atoms with Gasteiger partial charge in [-0.3, -0.25) is 20.2 Å². The zero-order valence-electron chi connectivity index (χ0n) is 13.6. The Morgan fingerprint density at radius 2 is 1.58 bits per heavy atom. The molecule has 0 bridgehead atoms. The van der Waals surface area contributed by atoms with Crippen LogP contribution in [0.1, 0.15) is 20.8 Å². The Kier molecular flexibility index (Phi) is 7.93. The molecule has 1 aromatic rings. The number of nitrogens with zero attached hydrogens (tertiary/aromatic N) is 2. The minimum Gasteiger partial charge on any atom is -0.402 e. The van der Waals surface area contributed by atoms with E-state index in [4.69, 9.17) is 13.3 Å². The maximum absolute atomic E-state index is 11.2. The van der Waals surface area contributed by atoms with E-state index in [0.29, 0.717) is 19.8 Å². The zero-order chi connectivity index (χ0) is 18.2. The van der Waals surface area contributed by atoms with E-state index in [9.17, 15) is 20.2 Å². The second kappa shape index (κ2) is 9.43. The minimum atomic E-state index is -3.01. The Morgan fingerprint density at radius 3 is 2.00 bits per heavy atom. The van der Waals surface area contributed by atoms with Gasteiger partial charge in [-0.1, -0.05) is 0 Å². The predicted octanol–water partition coefficient (Wildman–Crippen LogP) is 2.08. The molecule has 12 heteroatoms. The molecule has 0 amide bonds. The Balaban J connectivity index is 3.05. The molecule has 2 radical (unpaired) electrons. The van der Waals surface area contributed by atoms with E-state index in [-0.39, 0.29) is 26.3 Å². The van der Waals surface area contributed by atoms with Gasteiger partial charge < -0.3 is 18.3 Å². The second-order valence-corrected chi connectivity index (χ2v) is 9.39. The van der Waals surface area contributed by atoms with Crippen molar-refractivity contribution in [3.63, 3.8) is 0 Å². The molecular weight excluding hydrogens is 354 g/mol. The van der Waals surface area contributed by atoms with Gasteiger partial charge in [0, 0.05) is 25.9 Å². The van der Waals surface area contributed by atoms with Crippen LogP contribution in [0, 0.1) is 20.2 Å². The van der Waals surface area contributed by atoms with E-state index in [1.54, 1.807) is 20.8 Å². The van der Waals surface area contributed by atoms with Gasteiger partial charge in [0.2, 0.25) is 0 Å². The van der Waals surface area contributed by atoms with Gasteiger partial charge in [0.15, 0.2) is 0 Å². The third-order valence-corrected chi connectivity index (χ3v) is 8.04. The number of hydrogen-bond acceptors (Lipinski definition) is 8. The van der Waals surface area contributed by atoms with Crippen LogP contribution in [0.3, 0.4) is 0 Å². The van der Waals surface area contributed by atoms with Crippen molar-refractivity contribution in [2.45, 2.75) is 20.8 Å². The summed E-state index contributed by atoms with van der Waals surface area (Å²) in [6.45, 7) is 6.55. The fourth-order valence-corrected chi connectivity index (χ4v) is 6.76. The van der Waals surface area contributed by atoms with E-state index in [1.165, 1.54) is 12.1 Å². The average molecular weight is 373 g/mol. The van der Waals surface area contributed by atoms with Gasteiger partial charge in [0.1, 0.15) is 5.69 Å². The van der Waals surface area contributed by atoms with Gasteiger partial charge in [0.25, 0.3) is 20.6 Å². The summed E-state index contributed by atoms with van der Waals surface area (Å²) in [6, 6.07) is 3.41. The number of anilines is 1. The summed E-state index contributed by atoms with van der Waals surface area (Å²) in [6.07, 6.45) is 0. The normalized spacial score (nSPS) is 11.3. The standard InChI is InChI=1S/C12H19N3O7Si2/c1-4-20-24(21-5-2,22-6-3)23-13-11-8-7-10(14(16)17)9-12(11)15(18)19/h7-9,13H,4-6H2,1-3H3. The SMILES string of the molecule is CCO[Si](OCC)(OCC)[Si]Nc1ccc([N+](=O)[O-])cc1[N+](=O)[O-]. The molecule has 0 heterocycles. The Hall–Kier alpha value is -1.87. The van der Waals surface area contributed by atoms with Gasteiger partial charge in [-0.15, -0.1) is 0 Å². The summed E-state index contributed by atoms with van der Waals surface area (Å²) in [7, 11) is -3.19. The van der Waals surface area contributed by atoms with Crippen molar-refractivity contribution in [3.05, 3.63) is 38.4 Å². The summed E-state index contributed by atoms with van der Waals surface area (Å²) >= 11 is 0. The lowest BCUT2D eigenvalue weighted by molar-refractivity contribution is -0.393. The molecule has 1 aromatic carbocycles. The molecule has 132 valence electrons. The van der Waals surface area contributed by atoms with E-state index in [0.717, 1.165) is 6.07 Å². The van der Waals surface area contributed by atoms with Crippen LogP contribution in [0.25, 0.3) is 0 Å². The molecule has 0 aliphatic carbocycles. The lowest BCUT2D eigenvalue weighted by atomic mass is 10.2. The highest BCUT2D eigenvalue weighted by Gasteiger charge is 2.42. The fourth-order valence-electron chi connectivity index (χ4n) is 1.84. The molecule has 0 aromatic heterocycles. The van der Waals surface area contributed by atoms with Crippen molar-refractivity contribution < 1.29 is 23.1 Å². The number of rotatable bonds is 11. The van der Waals surface area contributed by atoms with Gasteiger partial charge >= 0.3 is 8.32 Å². The van der Waals surface area contributed by atoms with Crippen molar-refractivity contribution in [1.82, 2.24) is 0 Å². The first-order valence-electron chi connectivity index (χ1n) is 7.27. The Bertz CT molecular complexity index is 571. The van der Waals surface area contributed by atoms with E-state index < -0.39 is 18.2 Å². The summed E-state index contributed by atoms with van der Waals surface area (Å²) in [5.41, 5.74) is -0.581. The summed E-state index contributed by atoms with van der Waals surface area (Å²) in [5.74, 6) is 0. The average Bonchev–Trinajstić information content (AvgIpc) is 2.53. The predicted molar refractivity (Wildman–Crippen MR) is 89.8 cm³/mol. The summed E-state index contributed by atoms with van der Waals surface area (Å²) in [5, 5.41) is 21.9. The van der Waals surface area contributed by atoms with Crippen LogP contribution in [0.15, 0.2) is 18.2 Å². The van der Waals surface area contributed by atoms with Gasteiger partial charge in [0.05, 0.1) is 15.9 Å². The number of non-ortho nitro benzene ring substituents is 1. The first kappa shape index (κ1) is 20.2. The first-order valence-corrected chi connectivity index (χ1v) is 11.0. The summed E-state index contributed by atoms with van der Waals surface area (Å²) < 4.78 is 17.0. The largest absolute Gasteiger partial charge is 0.493 e. The van der Waals surface area contributed by atoms with Gasteiger partial charge in [-0.25, -0.2) is 0 Å². The van der Waals surface area contributed by atoms with E-state index in [2.05, 4.69) is 4.98 Å². The molecule has 0 saturated heterocycles. The highest BCUT2D eigenvalue weighted by atomic mass is 29.2. The smallest absolute Gasteiger partial charge is 0.402 e. The highest BCUT2D eigenvalue weighted by Crippen LogP contribution is 2.29. The fraction of sp³-hybridized carbons (Fsp3) is 0.500. The topological polar surface area (TPSA) is 126 Å². The number of nitro benzene ring substituents is 2. The Morgan fingerprint density at radius 1 is 1.04 bits per heavy atom. The van der Waals surface area contributed by atoms with Crippen LogP contribution in [0.5, 0.6) is 0 Å². The van der Waals surface area contributed by atoms with Gasteiger partial charge in [-0.05, 0) is 26.8 Å². The highest BCUT2D eigenvalue weighted by molar-refractivity contribution is 7.15. The van der Waals surface area contributed by atoms with Crippen LogP contribution in [0.2, 0.25) is 0 Å². The van der Waals surface area contributed by atoms with Crippen molar-refractivity contribution in [2.24, 2.45) is 0 Å². The molecule has 10 nitrogen and oxygen atoms in total. The minimum absolute atomic E-state index is 0.153. The van der Waals surface area contributed by atoms with Crippen LogP contribution in [0.4, 0.5) is 17.1 Å². The molecule has 0 aliphatic heterocycles. The summed E-state index contributed by atoms with van der Waals surface area (Å²) in [4.78, 5) is 23.5. The first-order chi connectivity index (χ1) is 11.4. The number of nitrogens with one attached hydrogen (secondary N) is 1. The van der Waals surface area contributed by atoms with Gasteiger partial charge in [-0.2, -0.15) is 0 Å². The van der Waals surface area contributed by atoms with Crippen LogP contribution >= 0.6 is 0 Å². The third kappa shape index (κ3) is 5.35. The lowest BCUT2D eigenvalue weighted by Gasteiger charge is -2.28. The number of benzene rings is 1. The monoisotopic (exact) mass is 373 g/mol. The van der Waals surface area contributed by atoms with Crippen LogP contribution in [-0.2, 0) is 13.3 Å². The molecule has 1 rings (SSSR count). The molecule has 24 heavy (non-hydrogen) atoms. The van der Waals surface area contributed by atoms with Crippen LogP contribution in [-0.4, -0.2) is 47.2 Å². The Labute approximate surface area is 142 Å². The van der Waals surface area contributed by atoms with Crippen LogP contribution < -0.4 is 4.98 Å². The maximum atomic E-state index is 11.2. The van der Waals surface area contributed by atoms with Crippen molar-refractivity contribution >= 4 is 34.6 Å². The third-order valence-electron chi connectivity index (χ3n) is 2.74. The molecule has 0 spiro atoms. The van der Waals surface area contributed by atoms with E-state index in [1.807, 2.05) is 0 Å². The maximum Gasteiger partial charge on any atom is 0.493 e. The molecule has 0 saturated carbocycles. The second-order valence-electron chi connectivity index (χ2n) is 4.32. The van der Waals surface area contributed by atoms with Crippen molar-refractivity contribution in [2.75, 3.05) is 24.8 Å². The molecular formula is C12H19N3O7Si2. The lowest BCUT2D eigenvalue weighted by Crippen LogP contribution is -2.55.